The van der Waals surface area contributed by atoms with Gasteiger partial charge in [0.1, 0.15) is 11.5 Å². The van der Waals surface area contributed by atoms with E-state index in [0.717, 1.165) is 5.56 Å². The van der Waals surface area contributed by atoms with Crippen LogP contribution in [0.4, 0.5) is 4.39 Å². The molecule has 0 aliphatic rings. The van der Waals surface area contributed by atoms with Crippen molar-refractivity contribution < 1.29 is 9.18 Å². The lowest BCUT2D eigenvalue weighted by atomic mass is 9.84. The van der Waals surface area contributed by atoms with Gasteiger partial charge in [-0.25, -0.2) is 14.2 Å². The van der Waals surface area contributed by atoms with Crippen molar-refractivity contribution in [2.24, 2.45) is 7.05 Å². The summed E-state index contributed by atoms with van der Waals surface area (Å²) < 4.78 is 14.5. The van der Waals surface area contributed by atoms with E-state index >= 15 is 0 Å². The first-order chi connectivity index (χ1) is 14.0. The van der Waals surface area contributed by atoms with Gasteiger partial charge in [-0.2, -0.15) is 0 Å². The molecule has 0 unspecified atom stereocenters. The summed E-state index contributed by atoms with van der Waals surface area (Å²) in [4.78, 5) is 44.2. The number of aromatic nitrogens is 3. The van der Waals surface area contributed by atoms with Gasteiger partial charge in [0.25, 0.3) is 11.5 Å². The average molecular weight is 412 g/mol. The Kier molecular flexibility index (Phi) is 5.61. The standard InChI is InChI=1S/C22H25FN4O3/c1-12(2)16-10-15(17-18(25-16)27(5)21(30)26-20(17)29)19(28)24-11-22(3,4)13-6-8-14(23)9-7-13/h6-10,12H,11H2,1-5H3,(H,24,28)(H,26,29,30). The van der Waals surface area contributed by atoms with Gasteiger partial charge < -0.3 is 5.32 Å². The van der Waals surface area contributed by atoms with Crippen molar-refractivity contribution in [1.29, 1.82) is 0 Å². The largest absolute Gasteiger partial charge is 0.351 e. The first kappa shape index (κ1) is 21.4. The van der Waals surface area contributed by atoms with E-state index in [0.29, 0.717) is 5.69 Å². The molecule has 0 fully saturated rings. The topological polar surface area (TPSA) is 96.9 Å². The fourth-order valence-electron chi connectivity index (χ4n) is 3.23. The monoisotopic (exact) mass is 412 g/mol. The van der Waals surface area contributed by atoms with Crippen LogP contribution in [0.25, 0.3) is 11.0 Å². The number of aryl methyl sites for hydroxylation is 1. The van der Waals surface area contributed by atoms with Crippen LogP contribution in [0.3, 0.4) is 0 Å². The van der Waals surface area contributed by atoms with Crippen molar-refractivity contribution >= 4 is 16.9 Å². The SMILES string of the molecule is CC(C)c1cc(C(=O)NCC(C)(C)c2ccc(F)cc2)c2c(=O)[nH]c(=O)n(C)c2n1. The Balaban J connectivity index is 2.02. The van der Waals surface area contributed by atoms with Gasteiger partial charge in [-0.05, 0) is 29.7 Å². The maximum Gasteiger partial charge on any atom is 0.329 e. The van der Waals surface area contributed by atoms with Gasteiger partial charge in [0, 0.05) is 24.7 Å². The molecule has 0 bridgehead atoms. The van der Waals surface area contributed by atoms with Gasteiger partial charge in [0.05, 0.1) is 10.9 Å². The number of fused-ring (bicyclic) bond motifs is 1. The van der Waals surface area contributed by atoms with E-state index in [-0.39, 0.29) is 34.9 Å². The van der Waals surface area contributed by atoms with Crippen LogP contribution in [-0.2, 0) is 12.5 Å². The second-order valence-corrected chi connectivity index (χ2v) is 8.34. The average Bonchev–Trinajstić information content (AvgIpc) is 2.69. The number of nitrogens with zero attached hydrogens (tertiary/aromatic N) is 2. The summed E-state index contributed by atoms with van der Waals surface area (Å²) >= 11 is 0. The molecule has 0 spiro atoms. The van der Waals surface area contributed by atoms with Crippen molar-refractivity contribution in [2.75, 3.05) is 6.54 Å². The summed E-state index contributed by atoms with van der Waals surface area (Å²) in [5.74, 6) is -0.775. The fourth-order valence-corrected chi connectivity index (χ4v) is 3.23. The zero-order chi connectivity index (χ0) is 22.2. The molecule has 0 saturated heterocycles. The zero-order valence-electron chi connectivity index (χ0n) is 17.7. The number of nitrogens with one attached hydrogen (secondary N) is 2. The third kappa shape index (κ3) is 4.03. The number of rotatable bonds is 5. The molecule has 1 aromatic carbocycles. The highest BCUT2D eigenvalue weighted by atomic mass is 19.1. The predicted octanol–water partition coefficient (Wildman–Crippen LogP) is 2.59. The lowest BCUT2D eigenvalue weighted by Crippen LogP contribution is -2.38. The van der Waals surface area contributed by atoms with Crippen LogP contribution in [0, 0.1) is 5.82 Å². The minimum absolute atomic E-state index is 0.00834. The molecule has 3 aromatic rings. The number of amides is 1. The van der Waals surface area contributed by atoms with E-state index in [9.17, 15) is 18.8 Å². The smallest absolute Gasteiger partial charge is 0.329 e. The second-order valence-electron chi connectivity index (χ2n) is 8.34. The fraction of sp³-hybridized carbons (Fsp3) is 0.364. The summed E-state index contributed by atoms with van der Waals surface area (Å²) in [7, 11) is 1.50. The molecular weight excluding hydrogens is 387 g/mol. The molecule has 158 valence electrons. The van der Waals surface area contributed by atoms with Crippen LogP contribution >= 0.6 is 0 Å². The quantitative estimate of drug-likeness (QED) is 0.673. The minimum atomic E-state index is -0.654. The molecule has 2 aromatic heterocycles. The van der Waals surface area contributed by atoms with E-state index in [1.165, 1.54) is 23.7 Å². The number of halogens is 1. The molecule has 3 rings (SSSR count). The molecule has 30 heavy (non-hydrogen) atoms. The lowest BCUT2D eigenvalue weighted by Gasteiger charge is -2.26. The minimum Gasteiger partial charge on any atom is -0.351 e. The molecule has 0 radical (unpaired) electrons. The number of benzene rings is 1. The number of hydrogen-bond acceptors (Lipinski definition) is 4. The van der Waals surface area contributed by atoms with Crippen molar-refractivity contribution in [2.45, 2.75) is 39.0 Å². The van der Waals surface area contributed by atoms with Crippen molar-refractivity contribution in [1.82, 2.24) is 19.9 Å². The van der Waals surface area contributed by atoms with Gasteiger partial charge in [0.15, 0.2) is 0 Å². The highest BCUT2D eigenvalue weighted by Crippen LogP contribution is 2.23. The molecule has 2 N–H and O–H groups in total. The zero-order valence-corrected chi connectivity index (χ0v) is 17.7. The predicted molar refractivity (Wildman–Crippen MR) is 113 cm³/mol. The molecule has 0 atom stereocenters. The molecule has 0 saturated carbocycles. The molecule has 8 heteroatoms. The Morgan fingerprint density at radius 2 is 1.87 bits per heavy atom. The molecule has 7 nitrogen and oxygen atoms in total. The first-order valence-corrected chi connectivity index (χ1v) is 9.69. The number of H-pyrrole nitrogens is 1. The van der Waals surface area contributed by atoms with Crippen molar-refractivity contribution in [3.05, 3.63) is 73.8 Å². The number of carbonyl (C=O) groups excluding carboxylic acids is 1. The van der Waals surface area contributed by atoms with Crippen LogP contribution in [0.15, 0.2) is 39.9 Å². The number of carbonyl (C=O) groups is 1. The van der Waals surface area contributed by atoms with Gasteiger partial charge in [-0.3, -0.25) is 19.1 Å². The Morgan fingerprint density at radius 1 is 1.23 bits per heavy atom. The molecule has 0 aliphatic heterocycles. The number of hydrogen-bond donors (Lipinski definition) is 2. The third-order valence-corrected chi connectivity index (χ3v) is 5.24. The Labute approximate surface area is 173 Å². The van der Waals surface area contributed by atoms with E-state index in [1.54, 1.807) is 18.2 Å². The Morgan fingerprint density at radius 3 is 2.47 bits per heavy atom. The number of pyridine rings is 1. The third-order valence-electron chi connectivity index (χ3n) is 5.24. The van der Waals surface area contributed by atoms with E-state index in [1.807, 2.05) is 27.7 Å². The summed E-state index contributed by atoms with van der Waals surface area (Å²) in [5, 5.41) is 2.94. The Hall–Kier alpha value is -3.29. The molecule has 1 amide bonds. The molecule has 2 heterocycles. The Bertz CT molecular complexity index is 1220. The van der Waals surface area contributed by atoms with Crippen molar-refractivity contribution in [3.8, 4) is 0 Å². The van der Waals surface area contributed by atoms with Crippen LogP contribution in [0.5, 0.6) is 0 Å². The van der Waals surface area contributed by atoms with Crippen LogP contribution in [0.1, 0.15) is 55.2 Å². The van der Waals surface area contributed by atoms with Gasteiger partial charge in [0.2, 0.25) is 0 Å². The van der Waals surface area contributed by atoms with Crippen molar-refractivity contribution in [3.63, 3.8) is 0 Å². The summed E-state index contributed by atoms with van der Waals surface area (Å²) in [6, 6.07) is 7.71. The van der Waals surface area contributed by atoms with E-state index in [2.05, 4.69) is 15.3 Å². The second kappa shape index (κ2) is 7.85. The lowest BCUT2D eigenvalue weighted by molar-refractivity contribution is 0.0947. The van der Waals surface area contributed by atoms with Crippen LogP contribution < -0.4 is 16.6 Å². The van der Waals surface area contributed by atoms with E-state index in [4.69, 9.17) is 0 Å². The normalized spacial score (nSPS) is 11.8. The summed E-state index contributed by atoms with van der Waals surface area (Å²) in [6.45, 7) is 7.96. The first-order valence-electron chi connectivity index (χ1n) is 9.69. The highest BCUT2D eigenvalue weighted by Gasteiger charge is 2.24. The van der Waals surface area contributed by atoms with Gasteiger partial charge >= 0.3 is 5.69 Å². The van der Waals surface area contributed by atoms with Crippen LogP contribution in [-0.4, -0.2) is 27.0 Å². The summed E-state index contributed by atoms with van der Waals surface area (Å²) in [5.41, 5.74) is 0.0849. The van der Waals surface area contributed by atoms with Gasteiger partial charge in [-0.1, -0.05) is 39.8 Å². The molecule has 0 aliphatic carbocycles. The molecular formula is C22H25FN4O3. The number of aromatic amines is 1. The van der Waals surface area contributed by atoms with E-state index < -0.39 is 22.6 Å². The summed E-state index contributed by atoms with van der Waals surface area (Å²) in [6.07, 6.45) is 0. The highest BCUT2D eigenvalue weighted by molar-refractivity contribution is 6.05. The maximum absolute atomic E-state index is 13.2. The van der Waals surface area contributed by atoms with Crippen LogP contribution in [0.2, 0.25) is 0 Å². The maximum atomic E-state index is 13.2. The van der Waals surface area contributed by atoms with Gasteiger partial charge in [-0.15, -0.1) is 0 Å².